The number of ketones is 1. The highest BCUT2D eigenvalue weighted by Gasteiger charge is 2.31. The predicted molar refractivity (Wildman–Crippen MR) is 69.7 cm³/mol. The van der Waals surface area contributed by atoms with Crippen molar-refractivity contribution in [3.05, 3.63) is 29.8 Å². The van der Waals surface area contributed by atoms with Gasteiger partial charge in [-0.2, -0.15) is 13.2 Å². The minimum Gasteiger partial charge on any atom is -0.299 e. The second-order valence-electron chi connectivity index (χ2n) is 4.92. The molecular weight excluding hydrogens is 289 g/mol. The zero-order valence-electron chi connectivity index (χ0n) is 10.8. The van der Waals surface area contributed by atoms with Crippen LogP contribution in [0.1, 0.15) is 31.2 Å². The van der Waals surface area contributed by atoms with Gasteiger partial charge in [-0.1, -0.05) is 6.07 Å². The lowest BCUT2D eigenvalue weighted by Crippen LogP contribution is -2.11. The quantitative estimate of drug-likeness (QED) is 0.852. The molecular formula is C14H15F3O2S. The highest BCUT2D eigenvalue weighted by molar-refractivity contribution is 7.85. The molecule has 0 N–H and O–H groups in total. The molecule has 2 atom stereocenters. The smallest absolute Gasteiger partial charge is 0.299 e. The van der Waals surface area contributed by atoms with E-state index in [0.29, 0.717) is 12.8 Å². The van der Waals surface area contributed by atoms with Crippen molar-refractivity contribution in [1.29, 1.82) is 0 Å². The molecule has 1 saturated carbocycles. The summed E-state index contributed by atoms with van der Waals surface area (Å²) in [5.41, 5.74) is -0.791. The molecule has 0 amide bonds. The summed E-state index contributed by atoms with van der Waals surface area (Å²) in [4.78, 5) is 11.6. The van der Waals surface area contributed by atoms with E-state index in [-0.39, 0.29) is 22.3 Å². The maximum atomic E-state index is 12.6. The van der Waals surface area contributed by atoms with Crippen LogP contribution in [0.3, 0.4) is 0 Å². The monoisotopic (exact) mass is 304 g/mol. The summed E-state index contributed by atoms with van der Waals surface area (Å²) in [6.07, 6.45) is -1.71. The van der Waals surface area contributed by atoms with Gasteiger partial charge in [0, 0.05) is 23.0 Å². The van der Waals surface area contributed by atoms with Gasteiger partial charge in [0.1, 0.15) is 5.78 Å². The topological polar surface area (TPSA) is 34.1 Å². The number of halogens is 3. The second kappa shape index (κ2) is 6.08. The molecule has 2 unspecified atom stereocenters. The van der Waals surface area contributed by atoms with E-state index in [0.717, 1.165) is 25.0 Å². The van der Waals surface area contributed by atoms with Crippen LogP contribution in [0.4, 0.5) is 13.2 Å². The number of carbonyl (C=O) groups is 1. The molecule has 1 aliphatic carbocycles. The van der Waals surface area contributed by atoms with Crippen LogP contribution in [0.25, 0.3) is 0 Å². The molecule has 0 aromatic heterocycles. The first-order chi connectivity index (χ1) is 9.38. The molecule has 110 valence electrons. The SMILES string of the molecule is O=C1CCCC1CCS(=O)c1cccc(C(F)(F)F)c1. The Morgan fingerprint density at radius 2 is 2.05 bits per heavy atom. The largest absolute Gasteiger partial charge is 0.416 e. The maximum absolute atomic E-state index is 12.6. The van der Waals surface area contributed by atoms with Crippen LogP contribution in [-0.2, 0) is 21.8 Å². The van der Waals surface area contributed by atoms with Crippen molar-refractivity contribution in [2.24, 2.45) is 5.92 Å². The van der Waals surface area contributed by atoms with Gasteiger partial charge in [0.15, 0.2) is 0 Å². The Morgan fingerprint density at radius 3 is 2.65 bits per heavy atom. The molecule has 20 heavy (non-hydrogen) atoms. The number of hydrogen-bond acceptors (Lipinski definition) is 2. The van der Waals surface area contributed by atoms with E-state index in [2.05, 4.69) is 0 Å². The lowest BCUT2D eigenvalue weighted by molar-refractivity contribution is -0.137. The number of Topliss-reactive ketones (excluding diaryl/α,β-unsaturated/α-hetero) is 1. The van der Waals surface area contributed by atoms with Gasteiger partial charge < -0.3 is 0 Å². The molecule has 0 aliphatic heterocycles. The summed E-state index contributed by atoms with van der Waals surface area (Å²) >= 11 is 0. The van der Waals surface area contributed by atoms with E-state index in [1.165, 1.54) is 12.1 Å². The molecule has 0 bridgehead atoms. The molecule has 1 aromatic carbocycles. The van der Waals surface area contributed by atoms with Crippen LogP contribution in [0.2, 0.25) is 0 Å². The average molecular weight is 304 g/mol. The van der Waals surface area contributed by atoms with Crippen molar-refractivity contribution in [1.82, 2.24) is 0 Å². The summed E-state index contributed by atoms with van der Waals surface area (Å²) in [5, 5.41) is 0. The number of rotatable bonds is 4. The number of alkyl halides is 3. The Kier molecular flexibility index (Phi) is 4.62. The lowest BCUT2D eigenvalue weighted by atomic mass is 10.1. The van der Waals surface area contributed by atoms with Crippen molar-refractivity contribution >= 4 is 16.6 Å². The van der Waals surface area contributed by atoms with Gasteiger partial charge in [-0.25, -0.2) is 0 Å². The van der Waals surface area contributed by atoms with Gasteiger partial charge in [0.2, 0.25) is 0 Å². The summed E-state index contributed by atoms with van der Waals surface area (Å²) in [7, 11) is -1.49. The molecule has 1 aromatic rings. The van der Waals surface area contributed by atoms with E-state index in [1.54, 1.807) is 0 Å². The molecule has 1 aliphatic rings. The van der Waals surface area contributed by atoms with Crippen molar-refractivity contribution < 1.29 is 22.2 Å². The third-order valence-corrected chi connectivity index (χ3v) is 4.89. The fraction of sp³-hybridized carbons (Fsp3) is 0.500. The van der Waals surface area contributed by atoms with Gasteiger partial charge in [0.25, 0.3) is 0 Å². The average Bonchev–Trinajstić information content (AvgIpc) is 2.81. The normalized spacial score (nSPS) is 21.1. The highest BCUT2D eigenvalue weighted by atomic mass is 32.2. The third kappa shape index (κ3) is 3.69. The van der Waals surface area contributed by atoms with Gasteiger partial charge in [-0.15, -0.1) is 0 Å². The molecule has 2 nitrogen and oxygen atoms in total. The summed E-state index contributed by atoms with van der Waals surface area (Å²) in [6.45, 7) is 0. The van der Waals surface area contributed by atoms with Crippen LogP contribution < -0.4 is 0 Å². The Hall–Kier alpha value is -1.17. The molecule has 6 heteroatoms. The summed E-state index contributed by atoms with van der Waals surface area (Å²) < 4.78 is 49.7. The van der Waals surface area contributed by atoms with E-state index in [4.69, 9.17) is 0 Å². The predicted octanol–water partition coefficient (Wildman–Crippen LogP) is 3.57. The van der Waals surface area contributed by atoms with Crippen LogP contribution in [-0.4, -0.2) is 15.7 Å². The van der Waals surface area contributed by atoms with Crippen LogP contribution >= 0.6 is 0 Å². The standard InChI is InChI=1S/C14H15F3O2S/c15-14(16,17)11-4-2-5-12(9-11)20(19)8-7-10-3-1-6-13(10)18/h2,4-5,9-10H,1,3,6-8H2. The fourth-order valence-electron chi connectivity index (χ4n) is 2.37. The van der Waals surface area contributed by atoms with Crippen molar-refractivity contribution in [2.75, 3.05) is 5.75 Å². The molecule has 0 spiro atoms. The Morgan fingerprint density at radius 1 is 1.30 bits per heavy atom. The first-order valence-corrected chi connectivity index (χ1v) is 7.78. The summed E-state index contributed by atoms with van der Waals surface area (Å²) in [6, 6.07) is 4.58. The highest BCUT2D eigenvalue weighted by Crippen LogP contribution is 2.30. The first-order valence-electron chi connectivity index (χ1n) is 6.46. The minimum atomic E-state index is -4.43. The maximum Gasteiger partial charge on any atom is 0.416 e. The third-order valence-electron chi connectivity index (χ3n) is 3.51. The fourth-order valence-corrected chi connectivity index (χ4v) is 3.60. The Balaban J connectivity index is 2.00. The van der Waals surface area contributed by atoms with E-state index >= 15 is 0 Å². The second-order valence-corrected chi connectivity index (χ2v) is 6.49. The number of benzene rings is 1. The molecule has 2 rings (SSSR count). The molecule has 0 saturated heterocycles. The van der Waals surface area contributed by atoms with Gasteiger partial charge in [0.05, 0.1) is 16.4 Å². The lowest BCUT2D eigenvalue weighted by Gasteiger charge is -2.10. The van der Waals surface area contributed by atoms with E-state index in [1.807, 2.05) is 0 Å². The molecule has 1 fully saturated rings. The van der Waals surface area contributed by atoms with Gasteiger partial charge in [-0.3, -0.25) is 9.00 Å². The zero-order valence-corrected chi connectivity index (χ0v) is 11.6. The Bertz CT molecular complexity index is 525. The van der Waals surface area contributed by atoms with Gasteiger partial charge >= 0.3 is 6.18 Å². The zero-order chi connectivity index (χ0) is 14.8. The number of carbonyl (C=O) groups excluding carboxylic acids is 1. The number of hydrogen-bond donors (Lipinski definition) is 0. The van der Waals surface area contributed by atoms with Crippen molar-refractivity contribution in [3.8, 4) is 0 Å². The minimum absolute atomic E-state index is 0.0650. The van der Waals surface area contributed by atoms with Crippen LogP contribution in [0.5, 0.6) is 0 Å². The van der Waals surface area contributed by atoms with Crippen molar-refractivity contribution in [3.63, 3.8) is 0 Å². The van der Waals surface area contributed by atoms with Crippen molar-refractivity contribution in [2.45, 2.75) is 36.8 Å². The first kappa shape index (κ1) is 15.2. The van der Waals surface area contributed by atoms with Crippen LogP contribution in [0.15, 0.2) is 29.2 Å². The Labute approximate surface area is 117 Å². The van der Waals surface area contributed by atoms with Crippen LogP contribution in [0, 0.1) is 5.92 Å². The van der Waals surface area contributed by atoms with Gasteiger partial charge in [-0.05, 0) is 37.5 Å². The molecule has 0 radical (unpaired) electrons. The summed E-state index contributed by atoms with van der Waals surface area (Å²) in [5.74, 6) is 0.355. The molecule has 0 heterocycles. The van der Waals surface area contributed by atoms with E-state index < -0.39 is 22.5 Å². The van der Waals surface area contributed by atoms with E-state index in [9.17, 15) is 22.2 Å².